The first kappa shape index (κ1) is 19.6. The van der Waals surface area contributed by atoms with E-state index in [-0.39, 0.29) is 24.2 Å². The van der Waals surface area contributed by atoms with Crippen LogP contribution < -0.4 is 10.5 Å². The highest BCUT2D eigenvalue weighted by molar-refractivity contribution is 5.96. The summed E-state index contributed by atoms with van der Waals surface area (Å²) in [6, 6.07) is 14.0. The fourth-order valence-corrected chi connectivity index (χ4v) is 2.86. The molecule has 26 heavy (non-hydrogen) atoms. The number of hydrogen-bond acceptors (Lipinski definition) is 4. The number of ether oxygens (including phenoxy) is 1. The maximum atomic E-state index is 12.6. The van der Waals surface area contributed by atoms with Crippen LogP contribution in [0.25, 0.3) is 0 Å². The van der Waals surface area contributed by atoms with Crippen molar-refractivity contribution in [3.63, 3.8) is 0 Å². The van der Waals surface area contributed by atoms with E-state index < -0.39 is 0 Å². The molecule has 2 aromatic carbocycles. The van der Waals surface area contributed by atoms with Crippen LogP contribution in [0.4, 0.5) is 5.69 Å². The van der Waals surface area contributed by atoms with Crippen LogP contribution in [0.3, 0.4) is 0 Å². The molecule has 1 aliphatic rings. The highest BCUT2D eigenvalue weighted by atomic mass is 35.5. The molecular weight excluding hydrogens is 354 g/mol. The number of hydrogen-bond donors (Lipinski definition) is 1. The first-order valence-corrected chi connectivity index (χ1v) is 8.16. The summed E-state index contributed by atoms with van der Waals surface area (Å²) in [6.07, 6.45) is 0. The fraction of sp³-hybridized carbons (Fsp3) is 0.263. The average molecular weight is 376 g/mol. The monoisotopic (exact) mass is 375 g/mol. The third-order valence-electron chi connectivity index (χ3n) is 4.33. The maximum Gasteiger partial charge on any atom is 0.254 e. The van der Waals surface area contributed by atoms with Crippen molar-refractivity contribution < 1.29 is 14.3 Å². The molecule has 0 radical (unpaired) electrons. The van der Waals surface area contributed by atoms with Gasteiger partial charge >= 0.3 is 0 Å². The van der Waals surface area contributed by atoms with E-state index >= 15 is 0 Å². The first-order chi connectivity index (χ1) is 12.1. The Bertz CT molecular complexity index is 772. The molecule has 1 aliphatic heterocycles. The van der Waals surface area contributed by atoms with Crippen molar-refractivity contribution in [3.05, 3.63) is 59.7 Å². The van der Waals surface area contributed by atoms with Gasteiger partial charge in [0, 0.05) is 43.0 Å². The van der Waals surface area contributed by atoms with Gasteiger partial charge < -0.3 is 20.3 Å². The van der Waals surface area contributed by atoms with Crippen LogP contribution >= 0.6 is 12.4 Å². The minimum atomic E-state index is -0.0431. The lowest BCUT2D eigenvalue weighted by Gasteiger charge is -2.35. The third kappa shape index (κ3) is 4.26. The highest BCUT2D eigenvalue weighted by Gasteiger charge is 2.25. The molecule has 6 nitrogen and oxygen atoms in total. The second-order valence-corrected chi connectivity index (χ2v) is 5.94. The number of piperazine rings is 1. The number of carbonyl (C=O) groups excluding carboxylic acids is 2. The Labute approximate surface area is 158 Å². The Morgan fingerprint density at radius 3 is 1.96 bits per heavy atom. The molecule has 1 fully saturated rings. The number of nitrogens with zero attached hydrogens (tertiary/aromatic N) is 2. The second-order valence-electron chi connectivity index (χ2n) is 5.94. The van der Waals surface area contributed by atoms with Gasteiger partial charge in [0.05, 0.1) is 7.11 Å². The molecule has 2 N–H and O–H groups in total. The minimum absolute atomic E-state index is 0. The summed E-state index contributed by atoms with van der Waals surface area (Å²) in [6.45, 7) is 2.05. The Morgan fingerprint density at radius 2 is 1.42 bits per heavy atom. The molecule has 0 aromatic heterocycles. The van der Waals surface area contributed by atoms with E-state index in [1.807, 2.05) is 0 Å². The zero-order chi connectivity index (χ0) is 17.8. The van der Waals surface area contributed by atoms with E-state index in [0.29, 0.717) is 48.7 Å². The molecule has 1 heterocycles. The molecule has 2 aromatic rings. The number of methoxy groups -OCH3 is 1. The topological polar surface area (TPSA) is 75.9 Å². The van der Waals surface area contributed by atoms with Gasteiger partial charge in [0.25, 0.3) is 11.8 Å². The van der Waals surface area contributed by atoms with Gasteiger partial charge in [-0.15, -0.1) is 12.4 Å². The van der Waals surface area contributed by atoms with Gasteiger partial charge in [0.15, 0.2) is 0 Å². The fourth-order valence-electron chi connectivity index (χ4n) is 2.86. The number of halogens is 1. The van der Waals surface area contributed by atoms with E-state index in [1.54, 1.807) is 65.4 Å². The molecular formula is C19H22ClN3O3. The van der Waals surface area contributed by atoms with Gasteiger partial charge in [-0.3, -0.25) is 9.59 Å². The average Bonchev–Trinajstić information content (AvgIpc) is 2.67. The number of anilines is 1. The zero-order valence-corrected chi connectivity index (χ0v) is 15.4. The van der Waals surface area contributed by atoms with Gasteiger partial charge in [-0.05, 0) is 42.5 Å². The molecule has 0 spiro atoms. The van der Waals surface area contributed by atoms with E-state index in [2.05, 4.69) is 0 Å². The van der Waals surface area contributed by atoms with Crippen molar-refractivity contribution in [1.82, 2.24) is 9.80 Å². The molecule has 1 saturated heterocycles. The van der Waals surface area contributed by atoms with E-state index in [1.165, 1.54) is 0 Å². The molecule has 0 bridgehead atoms. The molecule has 0 atom stereocenters. The Morgan fingerprint density at radius 1 is 0.885 bits per heavy atom. The normalized spacial score (nSPS) is 13.7. The molecule has 0 unspecified atom stereocenters. The molecule has 0 saturated carbocycles. The van der Waals surface area contributed by atoms with Crippen molar-refractivity contribution in [2.45, 2.75) is 0 Å². The summed E-state index contributed by atoms with van der Waals surface area (Å²) in [5.74, 6) is 0.579. The standard InChI is InChI=1S/C19H21N3O3.ClH/c1-25-17-4-2-3-15(13-17)19(24)22-11-9-21(10-12-22)18(23)14-5-7-16(20)8-6-14;/h2-8,13H,9-12,20H2,1H3;1H. The van der Waals surface area contributed by atoms with Crippen LogP contribution in [0.15, 0.2) is 48.5 Å². The number of rotatable bonds is 3. The molecule has 0 aliphatic carbocycles. The smallest absolute Gasteiger partial charge is 0.254 e. The number of nitrogens with two attached hydrogens (primary N) is 1. The predicted molar refractivity (Wildman–Crippen MR) is 103 cm³/mol. The van der Waals surface area contributed by atoms with Crippen LogP contribution in [0.2, 0.25) is 0 Å². The van der Waals surface area contributed by atoms with Crippen LogP contribution in [-0.4, -0.2) is 54.9 Å². The number of amides is 2. The van der Waals surface area contributed by atoms with Crippen molar-refractivity contribution in [3.8, 4) is 5.75 Å². The lowest BCUT2D eigenvalue weighted by atomic mass is 10.1. The lowest BCUT2D eigenvalue weighted by molar-refractivity contribution is 0.0535. The van der Waals surface area contributed by atoms with Crippen molar-refractivity contribution >= 4 is 29.9 Å². The maximum absolute atomic E-state index is 12.6. The van der Waals surface area contributed by atoms with Gasteiger partial charge in [-0.1, -0.05) is 6.07 Å². The largest absolute Gasteiger partial charge is 0.497 e. The highest BCUT2D eigenvalue weighted by Crippen LogP contribution is 2.16. The second kappa shape index (κ2) is 8.58. The third-order valence-corrected chi connectivity index (χ3v) is 4.33. The van der Waals surface area contributed by atoms with Gasteiger partial charge in [-0.2, -0.15) is 0 Å². The summed E-state index contributed by atoms with van der Waals surface area (Å²) < 4.78 is 5.17. The molecule has 3 rings (SSSR count). The first-order valence-electron chi connectivity index (χ1n) is 8.16. The Hall–Kier alpha value is -2.73. The zero-order valence-electron chi connectivity index (χ0n) is 14.6. The molecule has 138 valence electrons. The van der Waals surface area contributed by atoms with Gasteiger partial charge in [0.1, 0.15) is 5.75 Å². The summed E-state index contributed by atoms with van der Waals surface area (Å²) in [4.78, 5) is 28.6. The summed E-state index contributed by atoms with van der Waals surface area (Å²) in [5.41, 5.74) is 7.49. The number of nitrogen functional groups attached to an aromatic ring is 1. The van der Waals surface area contributed by atoms with E-state index in [9.17, 15) is 9.59 Å². The van der Waals surface area contributed by atoms with Gasteiger partial charge in [-0.25, -0.2) is 0 Å². The Kier molecular flexibility index (Phi) is 6.46. The summed E-state index contributed by atoms with van der Waals surface area (Å²) in [5, 5.41) is 0. The predicted octanol–water partition coefficient (Wildman–Crippen LogP) is 2.30. The molecule has 7 heteroatoms. The minimum Gasteiger partial charge on any atom is -0.497 e. The quantitative estimate of drug-likeness (QED) is 0.835. The summed E-state index contributed by atoms with van der Waals surface area (Å²) in [7, 11) is 1.57. The van der Waals surface area contributed by atoms with Crippen molar-refractivity contribution in [2.75, 3.05) is 39.0 Å². The van der Waals surface area contributed by atoms with Crippen LogP contribution in [-0.2, 0) is 0 Å². The number of benzene rings is 2. The van der Waals surface area contributed by atoms with E-state index in [4.69, 9.17) is 10.5 Å². The van der Waals surface area contributed by atoms with Crippen LogP contribution in [0.1, 0.15) is 20.7 Å². The van der Waals surface area contributed by atoms with Gasteiger partial charge in [0.2, 0.25) is 0 Å². The van der Waals surface area contributed by atoms with Crippen molar-refractivity contribution in [1.29, 1.82) is 0 Å². The lowest BCUT2D eigenvalue weighted by Crippen LogP contribution is -2.50. The molecule has 2 amide bonds. The van der Waals surface area contributed by atoms with E-state index in [0.717, 1.165) is 0 Å². The number of carbonyl (C=O) groups is 2. The van der Waals surface area contributed by atoms with Crippen LogP contribution in [0, 0.1) is 0 Å². The SMILES string of the molecule is COc1cccc(C(=O)N2CCN(C(=O)c3ccc(N)cc3)CC2)c1.Cl. The van der Waals surface area contributed by atoms with Crippen LogP contribution in [0.5, 0.6) is 5.75 Å². The van der Waals surface area contributed by atoms with Crippen molar-refractivity contribution in [2.24, 2.45) is 0 Å². The Balaban J connectivity index is 0.00000243. The summed E-state index contributed by atoms with van der Waals surface area (Å²) >= 11 is 0.